The van der Waals surface area contributed by atoms with E-state index >= 15 is 0 Å². The van der Waals surface area contributed by atoms with Gasteiger partial charge in [0, 0.05) is 17.7 Å². The third-order valence-corrected chi connectivity index (χ3v) is 4.47. The van der Waals surface area contributed by atoms with Gasteiger partial charge in [0.05, 0.1) is 23.4 Å². The van der Waals surface area contributed by atoms with Crippen LogP contribution >= 0.6 is 0 Å². The summed E-state index contributed by atoms with van der Waals surface area (Å²) in [6.07, 6.45) is 4.73. The predicted molar refractivity (Wildman–Crippen MR) is 117 cm³/mol. The Balaban J connectivity index is 1.54. The molecule has 0 aliphatic rings. The third-order valence-electron chi connectivity index (χ3n) is 4.47. The van der Waals surface area contributed by atoms with Crippen molar-refractivity contribution in [1.29, 1.82) is 0 Å². The lowest BCUT2D eigenvalue weighted by Crippen LogP contribution is -2.17. The first kappa shape index (κ1) is 21.7. The van der Waals surface area contributed by atoms with Gasteiger partial charge in [-0.05, 0) is 54.4 Å². The molecular formula is C22H23N5O4. The number of non-ortho nitro benzene ring substituents is 1. The molecular weight excluding hydrogens is 398 g/mol. The summed E-state index contributed by atoms with van der Waals surface area (Å²) in [7, 11) is 0. The number of rotatable bonds is 10. The Hall–Kier alpha value is -4.01. The molecule has 1 aromatic heterocycles. The Bertz CT molecular complexity index is 1040. The highest BCUT2D eigenvalue weighted by Crippen LogP contribution is 2.21. The maximum atomic E-state index is 12.2. The van der Waals surface area contributed by atoms with Gasteiger partial charge in [0.1, 0.15) is 11.4 Å². The smallest absolute Gasteiger partial charge is 0.289 e. The number of nitrogens with one attached hydrogen (secondary N) is 2. The van der Waals surface area contributed by atoms with E-state index < -0.39 is 10.8 Å². The van der Waals surface area contributed by atoms with E-state index in [1.165, 1.54) is 18.3 Å². The van der Waals surface area contributed by atoms with Crippen LogP contribution in [0.2, 0.25) is 0 Å². The number of benzene rings is 2. The fourth-order valence-corrected chi connectivity index (χ4v) is 2.76. The molecule has 0 saturated carbocycles. The average Bonchev–Trinajstić information content (AvgIpc) is 3.28. The van der Waals surface area contributed by atoms with Gasteiger partial charge in [-0.3, -0.25) is 20.0 Å². The van der Waals surface area contributed by atoms with Gasteiger partial charge in [0.2, 0.25) is 0 Å². The molecule has 0 fully saturated rings. The number of amides is 1. The maximum absolute atomic E-state index is 12.2. The molecule has 1 amide bonds. The first-order chi connectivity index (χ1) is 15.1. The van der Waals surface area contributed by atoms with Crippen molar-refractivity contribution < 1.29 is 14.5 Å². The summed E-state index contributed by atoms with van der Waals surface area (Å²) >= 11 is 0. The van der Waals surface area contributed by atoms with Crippen LogP contribution < -0.4 is 10.2 Å². The van der Waals surface area contributed by atoms with Gasteiger partial charge in [-0.15, -0.1) is 0 Å². The topological polar surface area (TPSA) is 123 Å². The second-order valence-electron chi connectivity index (χ2n) is 6.79. The van der Waals surface area contributed by atoms with Crippen molar-refractivity contribution >= 4 is 17.8 Å². The molecule has 2 N–H and O–H groups in total. The molecule has 9 heteroatoms. The van der Waals surface area contributed by atoms with E-state index in [2.05, 4.69) is 27.6 Å². The minimum Gasteiger partial charge on any atom is -0.494 e. The van der Waals surface area contributed by atoms with Crippen molar-refractivity contribution in [2.24, 2.45) is 5.10 Å². The molecule has 0 bridgehead atoms. The second-order valence-corrected chi connectivity index (χ2v) is 6.79. The SMILES string of the molecule is CCCCCOc1ccc(-c2cc(C(=O)N/N=C/c3ccc([N+](=O)[O-])cc3)[nH]n2)cc1. The first-order valence-electron chi connectivity index (χ1n) is 9.93. The van der Waals surface area contributed by atoms with Gasteiger partial charge in [-0.25, -0.2) is 5.43 Å². The second kappa shape index (κ2) is 10.7. The molecule has 0 aliphatic carbocycles. The number of hydrogen-bond acceptors (Lipinski definition) is 6. The van der Waals surface area contributed by atoms with Crippen molar-refractivity contribution in [3.05, 3.63) is 76.0 Å². The Kier molecular flexibility index (Phi) is 7.47. The van der Waals surface area contributed by atoms with E-state index in [1.807, 2.05) is 24.3 Å². The van der Waals surface area contributed by atoms with Crippen LogP contribution in [0, 0.1) is 10.1 Å². The number of hydrazone groups is 1. The molecule has 31 heavy (non-hydrogen) atoms. The zero-order valence-corrected chi connectivity index (χ0v) is 17.1. The summed E-state index contributed by atoms with van der Waals surface area (Å²) in [6, 6.07) is 15.0. The number of ether oxygens (including phenoxy) is 1. The van der Waals surface area contributed by atoms with Crippen LogP contribution in [0.4, 0.5) is 5.69 Å². The lowest BCUT2D eigenvalue weighted by atomic mass is 10.1. The van der Waals surface area contributed by atoms with Gasteiger partial charge in [-0.1, -0.05) is 19.8 Å². The van der Waals surface area contributed by atoms with E-state index in [0.717, 1.165) is 30.6 Å². The van der Waals surface area contributed by atoms with Gasteiger partial charge in [-0.2, -0.15) is 10.2 Å². The minimum absolute atomic E-state index is 0.0118. The normalized spacial score (nSPS) is 10.9. The molecule has 3 rings (SSSR count). The quantitative estimate of drug-likeness (QED) is 0.218. The van der Waals surface area contributed by atoms with Crippen molar-refractivity contribution in [2.75, 3.05) is 6.61 Å². The molecule has 160 valence electrons. The molecule has 9 nitrogen and oxygen atoms in total. The maximum Gasteiger partial charge on any atom is 0.289 e. The van der Waals surface area contributed by atoms with Gasteiger partial charge in [0.25, 0.3) is 11.6 Å². The molecule has 0 saturated heterocycles. The molecule has 1 heterocycles. The highest BCUT2D eigenvalue weighted by Gasteiger charge is 2.10. The summed E-state index contributed by atoms with van der Waals surface area (Å²) in [6.45, 7) is 2.85. The number of nitro benzene ring substituents is 1. The van der Waals surface area contributed by atoms with Crippen LogP contribution in [0.3, 0.4) is 0 Å². The fourth-order valence-electron chi connectivity index (χ4n) is 2.76. The number of nitro groups is 1. The lowest BCUT2D eigenvalue weighted by molar-refractivity contribution is -0.384. The number of carbonyl (C=O) groups is 1. The van der Waals surface area contributed by atoms with E-state index in [4.69, 9.17) is 4.74 Å². The number of aromatic nitrogens is 2. The number of hydrogen-bond donors (Lipinski definition) is 2. The molecule has 0 unspecified atom stereocenters. The van der Waals surface area contributed by atoms with E-state index in [-0.39, 0.29) is 11.4 Å². The Labute approximate surface area is 179 Å². The Morgan fingerprint density at radius 2 is 1.94 bits per heavy atom. The van der Waals surface area contributed by atoms with Crippen LogP contribution in [0.5, 0.6) is 5.75 Å². The monoisotopic (exact) mass is 421 g/mol. The largest absolute Gasteiger partial charge is 0.494 e. The number of carbonyl (C=O) groups excluding carboxylic acids is 1. The van der Waals surface area contributed by atoms with E-state index in [1.54, 1.807) is 18.2 Å². The minimum atomic E-state index is -0.479. The van der Waals surface area contributed by atoms with Crippen molar-refractivity contribution in [3.63, 3.8) is 0 Å². The molecule has 0 aliphatic heterocycles. The van der Waals surface area contributed by atoms with Crippen molar-refractivity contribution in [3.8, 4) is 17.0 Å². The van der Waals surface area contributed by atoms with Crippen LogP contribution in [-0.4, -0.2) is 33.8 Å². The fraction of sp³-hybridized carbons (Fsp3) is 0.227. The van der Waals surface area contributed by atoms with Crippen LogP contribution in [0.25, 0.3) is 11.3 Å². The summed E-state index contributed by atoms with van der Waals surface area (Å²) in [5, 5.41) is 21.4. The lowest BCUT2D eigenvalue weighted by Gasteiger charge is -2.06. The molecule has 2 aromatic carbocycles. The summed E-state index contributed by atoms with van der Waals surface area (Å²) < 4.78 is 5.70. The summed E-state index contributed by atoms with van der Waals surface area (Å²) in [4.78, 5) is 22.4. The highest BCUT2D eigenvalue weighted by atomic mass is 16.6. The summed E-state index contributed by atoms with van der Waals surface area (Å²) in [5.74, 6) is 0.349. The molecule has 0 radical (unpaired) electrons. The van der Waals surface area contributed by atoms with Crippen LogP contribution in [0.15, 0.2) is 59.7 Å². The zero-order chi connectivity index (χ0) is 22.1. The molecule has 3 aromatic rings. The van der Waals surface area contributed by atoms with Crippen molar-refractivity contribution in [2.45, 2.75) is 26.2 Å². The Morgan fingerprint density at radius 3 is 2.61 bits per heavy atom. The van der Waals surface area contributed by atoms with Crippen LogP contribution in [-0.2, 0) is 0 Å². The summed E-state index contributed by atoms with van der Waals surface area (Å²) in [5.41, 5.74) is 4.74. The van der Waals surface area contributed by atoms with Gasteiger partial charge < -0.3 is 4.74 Å². The number of aromatic amines is 1. The first-order valence-corrected chi connectivity index (χ1v) is 9.93. The van der Waals surface area contributed by atoms with Crippen molar-refractivity contribution in [1.82, 2.24) is 15.6 Å². The molecule has 0 spiro atoms. The number of unbranched alkanes of at least 4 members (excludes halogenated alkanes) is 2. The third kappa shape index (κ3) is 6.23. The van der Waals surface area contributed by atoms with Gasteiger partial charge >= 0.3 is 0 Å². The number of nitrogens with zero attached hydrogens (tertiary/aromatic N) is 3. The average molecular weight is 421 g/mol. The number of H-pyrrole nitrogens is 1. The highest BCUT2D eigenvalue weighted by molar-refractivity contribution is 5.94. The zero-order valence-electron chi connectivity index (χ0n) is 17.1. The Morgan fingerprint density at radius 1 is 1.19 bits per heavy atom. The van der Waals surface area contributed by atoms with E-state index in [0.29, 0.717) is 17.9 Å². The standard InChI is InChI=1S/C22H23N5O4/c1-2-3-4-13-31-19-11-7-17(8-12-19)20-14-21(25-24-20)22(28)26-23-15-16-5-9-18(10-6-16)27(29)30/h5-12,14-15H,2-4,13H2,1H3,(H,24,25)(H,26,28)/b23-15+. The predicted octanol–water partition coefficient (Wildman–Crippen LogP) is 4.32. The van der Waals surface area contributed by atoms with Gasteiger partial charge in [0.15, 0.2) is 0 Å². The van der Waals surface area contributed by atoms with E-state index in [9.17, 15) is 14.9 Å². The van der Waals surface area contributed by atoms with Crippen LogP contribution in [0.1, 0.15) is 42.2 Å². The molecule has 0 atom stereocenters.